The van der Waals surface area contributed by atoms with E-state index < -0.39 is 0 Å². The Labute approximate surface area is 194 Å². The largest absolute Gasteiger partial charge is 0.478 e. The van der Waals surface area contributed by atoms with Gasteiger partial charge in [0.1, 0.15) is 0 Å². The molecule has 7 heteroatoms. The summed E-state index contributed by atoms with van der Waals surface area (Å²) in [5.74, 6) is 0.704. The zero-order valence-electron chi connectivity index (χ0n) is 16.8. The van der Waals surface area contributed by atoms with Crippen LogP contribution in [0.15, 0.2) is 54.7 Å². The van der Waals surface area contributed by atoms with Gasteiger partial charge in [-0.2, -0.15) is 0 Å². The molecule has 4 rings (SSSR count). The molecule has 0 spiro atoms. The average molecular weight is 467 g/mol. The van der Waals surface area contributed by atoms with E-state index in [1.54, 1.807) is 0 Å². The van der Waals surface area contributed by atoms with Gasteiger partial charge in [0.2, 0.25) is 5.88 Å². The second-order valence-electron chi connectivity index (χ2n) is 7.33. The van der Waals surface area contributed by atoms with Gasteiger partial charge in [-0.3, -0.25) is 4.90 Å². The average Bonchev–Trinajstić information content (AvgIpc) is 2.76. The first-order valence-electron chi connectivity index (χ1n) is 10.1. The van der Waals surface area contributed by atoms with Gasteiger partial charge in [0.15, 0.2) is 0 Å². The van der Waals surface area contributed by atoms with Crippen LogP contribution in [-0.2, 0) is 0 Å². The normalized spacial score (nSPS) is 14.5. The van der Waals surface area contributed by atoms with Gasteiger partial charge in [0, 0.05) is 43.8 Å². The first kappa shape index (κ1) is 23.0. The molecule has 160 valence electrons. The summed E-state index contributed by atoms with van der Waals surface area (Å²) < 4.78 is 5.84. The molecule has 0 unspecified atom stereocenters. The fourth-order valence-corrected chi connectivity index (χ4v) is 4.12. The number of pyridine rings is 1. The van der Waals surface area contributed by atoms with Crippen molar-refractivity contribution >= 4 is 52.1 Å². The molecule has 0 bridgehead atoms. The summed E-state index contributed by atoms with van der Waals surface area (Å²) in [4.78, 5) is 9.21. The lowest BCUT2D eigenvalue weighted by Crippen LogP contribution is -2.46. The third kappa shape index (κ3) is 5.70. The first-order valence-corrected chi connectivity index (χ1v) is 10.9. The van der Waals surface area contributed by atoms with Crippen LogP contribution in [0.5, 0.6) is 5.88 Å². The molecule has 3 aromatic rings. The summed E-state index contributed by atoms with van der Waals surface area (Å²) in [6.07, 6.45) is 4.01. The van der Waals surface area contributed by atoms with Crippen LogP contribution in [0.2, 0.25) is 10.0 Å². The lowest BCUT2D eigenvalue weighted by Gasteiger charge is -2.36. The van der Waals surface area contributed by atoms with Crippen molar-refractivity contribution in [1.29, 1.82) is 0 Å². The van der Waals surface area contributed by atoms with Crippen molar-refractivity contribution in [3.63, 3.8) is 0 Å². The standard InChI is InChI=1S/C23H25Cl2N3O.ClH/c24-20-8-5-9-21(23(20)25)28-13-11-27(12-14-28)10-3-4-15-29-22-16-18-6-1-2-7-19(18)17-26-22;/h1-2,5-9,16-17H,3-4,10-15H2;1H. The number of fused-ring (bicyclic) bond motifs is 1. The minimum atomic E-state index is 0. The van der Waals surface area contributed by atoms with Gasteiger partial charge >= 0.3 is 0 Å². The monoisotopic (exact) mass is 465 g/mol. The number of rotatable bonds is 7. The van der Waals surface area contributed by atoms with Crippen LogP contribution in [0.1, 0.15) is 12.8 Å². The molecule has 1 aliphatic rings. The summed E-state index contributed by atoms with van der Waals surface area (Å²) in [6, 6.07) is 16.0. The Morgan fingerprint density at radius 2 is 1.67 bits per heavy atom. The van der Waals surface area contributed by atoms with Crippen LogP contribution in [0.25, 0.3) is 10.8 Å². The van der Waals surface area contributed by atoms with Gasteiger partial charge in [0.05, 0.1) is 22.3 Å². The van der Waals surface area contributed by atoms with Crippen molar-refractivity contribution in [2.75, 3.05) is 44.2 Å². The van der Waals surface area contributed by atoms with E-state index in [1.165, 1.54) is 0 Å². The van der Waals surface area contributed by atoms with Crippen molar-refractivity contribution in [1.82, 2.24) is 9.88 Å². The van der Waals surface area contributed by atoms with Gasteiger partial charge in [-0.15, -0.1) is 12.4 Å². The summed E-state index contributed by atoms with van der Waals surface area (Å²) >= 11 is 12.5. The van der Waals surface area contributed by atoms with Crippen LogP contribution >= 0.6 is 35.6 Å². The van der Waals surface area contributed by atoms with E-state index in [4.69, 9.17) is 27.9 Å². The van der Waals surface area contributed by atoms with Crippen molar-refractivity contribution in [3.05, 3.63) is 64.8 Å². The third-order valence-electron chi connectivity index (χ3n) is 5.37. The Bertz CT molecular complexity index is 961. The molecule has 0 N–H and O–H groups in total. The Balaban J connectivity index is 0.00000256. The topological polar surface area (TPSA) is 28.6 Å². The van der Waals surface area contributed by atoms with Crippen LogP contribution < -0.4 is 9.64 Å². The SMILES string of the molecule is Cl.Clc1cccc(N2CCN(CCCCOc3cc4ccccc4cn3)CC2)c1Cl. The van der Waals surface area contributed by atoms with E-state index in [2.05, 4.69) is 26.9 Å². The van der Waals surface area contributed by atoms with Gasteiger partial charge in [-0.05, 0) is 36.9 Å². The fraction of sp³-hybridized carbons (Fsp3) is 0.348. The number of hydrogen-bond acceptors (Lipinski definition) is 4. The highest BCUT2D eigenvalue weighted by atomic mass is 35.5. The molecule has 0 saturated carbocycles. The van der Waals surface area contributed by atoms with Gasteiger partial charge in [-0.25, -0.2) is 4.98 Å². The maximum Gasteiger partial charge on any atom is 0.213 e. The maximum absolute atomic E-state index is 6.36. The molecule has 1 aromatic heterocycles. The molecule has 0 amide bonds. The van der Waals surface area contributed by atoms with Crippen LogP contribution in [-0.4, -0.2) is 49.2 Å². The van der Waals surface area contributed by atoms with Gasteiger partial charge in [-0.1, -0.05) is 53.5 Å². The van der Waals surface area contributed by atoms with E-state index in [9.17, 15) is 0 Å². The van der Waals surface area contributed by atoms with E-state index in [0.717, 1.165) is 62.0 Å². The number of hydrogen-bond donors (Lipinski definition) is 0. The van der Waals surface area contributed by atoms with E-state index in [0.29, 0.717) is 22.5 Å². The summed E-state index contributed by atoms with van der Waals surface area (Å²) in [5.41, 5.74) is 1.04. The molecule has 2 aromatic carbocycles. The molecule has 1 aliphatic heterocycles. The number of piperazine rings is 1. The van der Waals surface area contributed by atoms with E-state index in [-0.39, 0.29) is 12.4 Å². The Hall–Kier alpha value is -1.72. The molecule has 0 radical (unpaired) electrons. The van der Waals surface area contributed by atoms with E-state index >= 15 is 0 Å². The number of aromatic nitrogens is 1. The highest BCUT2D eigenvalue weighted by Gasteiger charge is 2.19. The molecule has 2 heterocycles. The van der Waals surface area contributed by atoms with Crippen LogP contribution in [0.4, 0.5) is 5.69 Å². The summed E-state index contributed by atoms with van der Waals surface area (Å²) in [5, 5.41) is 3.57. The number of halogens is 3. The lowest BCUT2D eigenvalue weighted by molar-refractivity contribution is 0.236. The Morgan fingerprint density at radius 1 is 0.900 bits per heavy atom. The Kier molecular flexibility index (Phi) is 8.46. The predicted molar refractivity (Wildman–Crippen MR) is 129 cm³/mol. The molecule has 0 atom stereocenters. The fourth-order valence-electron chi connectivity index (χ4n) is 3.71. The number of benzene rings is 2. The molecule has 1 fully saturated rings. The predicted octanol–water partition coefficient (Wildman–Crippen LogP) is 5.94. The van der Waals surface area contributed by atoms with Crippen molar-refractivity contribution in [2.45, 2.75) is 12.8 Å². The van der Waals surface area contributed by atoms with Crippen LogP contribution in [0, 0.1) is 0 Å². The third-order valence-corrected chi connectivity index (χ3v) is 6.18. The van der Waals surface area contributed by atoms with Gasteiger partial charge in [0.25, 0.3) is 0 Å². The van der Waals surface area contributed by atoms with Crippen LogP contribution in [0.3, 0.4) is 0 Å². The van der Waals surface area contributed by atoms with Crippen molar-refractivity contribution in [3.8, 4) is 5.88 Å². The van der Waals surface area contributed by atoms with E-state index in [1.807, 2.05) is 42.6 Å². The van der Waals surface area contributed by atoms with Gasteiger partial charge < -0.3 is 9.64 Å². The Morgan fingerprint density at radius 3 is 2.47 bits per heavy atom. The molecule has 4 nitrogen and oxygen atoms in total. The highest BCUT2D eigenvalue weighted by molar-refractivity contribution is 6.43. The first-order chi connectivity index (χ1) is 14.2. The summed E-state index contributed by atoms with van der Waals surface area (Å²) in [7, 11) is 0. The second-order valence-corrected chi connectivity index (χ2v) is 8.11. The summed E-state index contributed by atoms with van der Waals surface area (Å²) in [6.45, 7) is 5.80. The lowest BCUT2D eigenvalue weighted by atomic mass is 10.2. The molecule has 1 saturated heterocycles. The molecular weight excluding hydrogens is 441 g/mol. The molecule has 30 heavy (non-hydrogen) atoms. The minimum Gasteiger partial charge on any atom is -0.478 e. The second kappa shape index (κ2) is 11.1. The highest BCUT2D eigenvalue weighted by Crippen LogP contribution is 2.32. The minimum absolute atomic E-state index is 0. The molecular formula is C23H26Cl3N3O. The maximum atomic E-state index is 6.36. The molecule has 0 aliphatic carbocycles. The van der Waals surface area contributed by atoms with Crippen molar-refractivity contribution in [2.24, 2.45) is 0 Å². The number of nitrogens with zero attached hydrogens (tertiary/aromatic N) is 3. The quantitative estimate of drug-likeness (QED) is 0.403. The zero-order valence-corrected chi connectivity index (χ0v) is 19.1. The number of anilines is 1. The smallest absolute Gasteiger partial charge is 0.213 e. The van der Waals surface area contributed by atoms with Crippen molar-refractivity contribution < 1.29 is 4.74 Å². The number of unbranched alkanes of at least 4 members (excludes halogenated alkanes) is 1. The zero-order chi connectivity index (χ0) is 20.1. The number of ether oxygens (including phenoxy) is 1.